The summed E-state index contributed by atoms with van der Waals surface area (Å²) in [5, 5.41) is 20.2. The van der Waals surface area contributed by atoms with E-state index in [-0.39, 0.29) is 57.1 Å². The second-order valence-corrected chi connectivity index (χ2v) is 15.1. The van der Waals surface area contributed by atoms with E-state index in [1.165, 1.54) is 0 Å². The monoisotopic (exact) mass is 582 g/mol. The molecule has 7 rings (SSSR count). The minimum atomic E-state index is -4.26. The van der Waals surface area contributed by atoms with Gasteiger partial charge in [0.2, 0.25) is 10.0 Å². The molecule has 2 bridgehead atoms. The van der Waals surface area contributed by atoms with Crippen molar-refractivity contribution < 1.29 is 26.7 Å². The van der Waals surface area contributed by atoms with E-state index < -0.39 is 26.0 Å². The molecule has 10 nitrogen and oxygen atoms in total. The third-order valence-corrected chi connectivity index (χ3v) is 11.7. The zero-order valence-electron chi connectivity index (χ0n) is 19.9. The number of carbonyl (C=O) groups excluding carboxylic acids is 1. The van der Waals surface area contributed by atoms with Gasteiger partial charge in [-0.1, -0.05) is 0 Å². The number of amidine groups is 1. The van der Waals surface area contributed by atoms with Crippen molar-refractivity contribution in [2.45, 2.75) is 49.7 Å². The summed E-state index contributed by atoms with van der Waals surface area (Å²) < 4.78 is 55.8. The van der Waals surface area contributed by atoms with Crippen LogP contribution < -0.4 is 10.0 Å². The molecule has 2 aromatic heterocycles. The van der Waals surface area contributed by atoms with Crippen molar-refractivity contribution in [2.24, 2.45) is 22.2 Å². The molecule has 5 aliphatic rings. The number of amides is 1. The van der Waals surface area contributed by atoms with Gasteiger partial charge in [0.05, 0.1) is 6.26 Å². The molecule has 2 aromatic rings. The molecule has 37 heavy (non-hydrogen) atoms. The van der Waals surface area contributed by atoms with Gasteiger partial charge in [-0.3, -0.25) is 4.79 Å². The Balaban J connectivity index is 1.41. The Labute approximate surface area is 223 Å². The predicted molar refractivity (Wildman–Crippen MR) is 141 cm³/mol. The van der Waals surface area contributed by atoms with Gasteiger partial charge in [-0.05, 0) is 65.3 Å². The van der Waals surface area contributed by atoms with E-state index in [0.29, 0.717) is 12.5 Å². The van der Waals surface area contributed by atoms with Gasteiger partial charge < -0.3 is 15.3 Å². The van der Waals surface area contributed by atoms with Crippen molar-refractivity contribution in [2.75, 3.05) is 11.6 Å². The largest absolute Gasteiger partial charge is 0.511 e. The van der Waals surface area contributed by atoms with E-state index in [0.717, 1.165) is 48.8 Å². The van der Waals surface area contributed by atoms with Crippen LogP contribution in [0.3, 0.4) is 0 Å². The molecule has 3 aliphatic carbocycles. The SMILES string of the molecule is CS(=O)(=O)NCc1csc2c1S(=O)(=O)N=C(C1=C(O)C3C4CCC(CC4)C3N(Cc3ccsc3)C1=O)N2. The van der Waals surface area contributed by atoms with Crippen LogP contribution in [0.25, 0.3) is 0 Å². The number of sulfonamides is 2. The molecule has 3 fully saturated rings. The number of nitrogens with one attached hydrogen (secondary N) is 2. The Morgan fingerprint density at radius 2 is 1.95 bits per heavy atom. The van der Waals surface area contributed by atoms with Crippen LogP contribution in [-0.4, -0.2) is 50.9 Å². The van der Waals surface area contributed by atoms with Crippen LogP contribution in [0, 0.1) is 17.8 Å². The first kappa shape index (κ1) is 25.0. The van der Waals surface area contributed by atoms with Crippen LogP contribution >= 0.6 is 22.7 Å². The highest BCUT2D eigenvalue weighted by atomic mass is 32.2. The van der Waals surface area contributed by atoms with Gasteiger partial charge >= 0.3 is 0 Å². The van der Waals surface area contributed by atoms with Crippen LogP contribution in [-0.2, 0) is 37.9 Å². The molecule has 2 aliphatic heterocycles. The number of carbonyl (C=O) groups is 1. The fraction of sp³-hybridized carbons (Fsp3) is 0.478. The summed E-state index contributed by atoms with van der Waals surface area (Å²) in [6.07, 6.45) is 4.95. The topological polar surface area (TPSA) is 145 Å². The van der Waals surface area contributed by atoms with E-state index in [2.05, 4.69) is 14.4 Å². The first-order chi connectivity index (χ1) is 17.5. The number of thiophene rings is 2. The Hall–Kier alpha value is -2.26. The molecule has 0 saturated heterocycles. The molecular weight excluding hydrogens is 557 g/mol. The Morgan fingerprint density at radius 1 is 1.22 bits per heavy atom. The van der Waals surface area contributed by atoms with E-state index in [1.54, 1.807) is 21.6 Å². The van der Waals surface area contributed by atoms with Crippen molar-refractivity contribution in [1.29, 1.82) is 0 Å². The highest BCUT2D eigenvalue weighted by molar-refractivity contribution is 7.91. The lowest BCUT2D eigenvalue weighted by Crippen LogP contribution is -2.60. The summed E-state index contributed by atoms with van der Waals surface area (Å²) in [6, 6.07) is 1.84. The van der Waals surface area contributed by atoms with Gasteiger partial charge in [-0.25, -0.2) is 13.1 Å². The molecule has 4 heterocycles. The molecule has 3 saturated carbocycles. The van der Waals surface area contributed by atoms with Gasteiger partial charge in [0.25, 0.3) is 15.9 Å². The molecule has 14 heteroatoms. The summed E-state index contributed by atoms with van der Waals surface area (Å²) in [5.74, 6) is -0.445. The van der Waals surface area contributed by atoms with Crippen molar-refractivity contribution in [3.05, 3.63) is 44.7 Å². The lowest BCUT2D eigenvalue weighted by molar-refractivity contribution is -0.140. The van der Waals surface area contributed by atoms with Gasteiger partial charge in [0.1, 0.15) is 21.2 Å². The molecule has 198 valence electrons. The lowest BCUT2D eigenvalue weighted by atomic mass is 9.59. The van der Waals surface area contributed by atoms with Gasteiger partial charge in [-0.15, -0.1) is 15.7 Å². The lowest BCUT2D eigenvalue weighted by Gasteiger charge is -2.54. The van der Waals surface area contributed by atoms with Crippen molar-refractivity contribution in [1.82, 2.24) is 9.62 Å². The average Bonchev–Trinajstić information content (AvgIpc) is 3.50. The van der Waals surface area contributed by atoms with Crippen LogP contribution in [0.15, 0.2) is 42.8 Å². The van der Waals surface area contributed by atoms with E-state index in [4.69, 9.17) is 0 Å². The fourth-order valence-electron chi connectivity index (χ4n) is 6.27. The van der Waals surface area contributed by atoms with E-state index >= 15 is 0 Å². The minimum Gasteiger partial charge on any atom is -0.511 e. The maximum absolute atomic E-state index is 14.0. The van der Waals surface area contributed by atoms with Crippen LogP contribution in [0.5, 0.6) is 0 Å². The number of anilines is 1. The molecule has 0 spiro atoms. The number of hydrogen-bond acceptors (Lipinski definition) is 9. The quantitative estimate of drug-likeness (QED) is 0.475. The highest BCUT2D eigenvalue weighted by Crippen LogP contribution is 2.52. The average molecular weight is 583 g/mol. The second-order valence-electron chi connectivity index (χ2n) is 10.1. The van der Waals surface area contributed by atoms with Gasteiger partial charge in [0.15, 0.2) is 5.84 Å². The number of nitrogens with zero attached hydrogens (tertiary/aromatic N) is 2. The van der Waals surface area contributed by atoms with Crippen LogP contribution in [0.2, 0.25) is 0 Å². The maximum atomic E-state index is 14.0. The summed E-state index contributed by atoms with van der Waals surface area (Å²) in [7, 11) is -7.80. The summed E-state index contributed by atoms with van der Waals surface area (Å²) >= 11 is 2.63. The standard InChI is InChI=1S/C23H26N4O6S4/c1-36(30,31)24-8-15-11-35-22-20(15)37(32,33)26-21(25-22)17-19(28)16-13-2-4-14(5-3-13)18(16)27(23(17)29)9-12-6-7-34-10-12/h6-7,10-11,13-14,16,18,24,28H,2-5,8-9H2,1H3,(H,25,26). The molecule has 0 aromatic carbocycles. The fourth-order valence-corrected chi connectivity index (χ4v) is 9.96. The maximum Gasteiger partial charge on any atom is 0.287 e. The molecule has 2 unspecified atom stereocenters. The Bertz CT molecular complexity index is 1530. The van der Waals surface area contributed by atoms with E-state index in [9.17, 15) is 26.7 Å². The number of aliphatic hydroxyl groups excluding tert-OH is 1. The highest BCUT2D eigenvalue weighted by Gasteiger charge is 2.54. The molecular formula is C23H26N4O6S4. The first-order valence-electron chi connectivity index (χ1n) is 12.0. The summed E-state index contributed by atoms with van der Waals surface area (Å²) in [5.41, 5.74) is 1.16. The number of fused-ring (bicyclic) bond motifs is 3. The van der Waals surface area contributed by atoms with Gasteiger partial charge in [0, 0.05) is 30.6 Å². The molecule has 2 atom stereocenters. The van der Waals surface area contributed by atoms with Crippen LogP contribution in [0.1, 0.15) is 36.8 Å². The normalized spacial score (nSPS) is 28.5. The Morgan fingerprint density at radius 3 is 2.62 bits per heavy atom. The number of rotatable bonds is 6. The number of aliphatic hydroxyl groups is 1. The zero-order valence-corrected chi connectivity index (χ0v) is 23.1. The summed E-state index contributed by atoms with van der Waals surface area (Å²) in [6.45, 7) is 0.180. The van der Waals surface area contributed by atoms with Crippen LogP contribution in [0.4, 0.5) is 5.00 Å². The third kappa shape index (κ3) is 4.32. The first-order valence-corrected chi connectivity index (χ1v) is 17.1. The second kappa shape index (κ2) is 8.90. The van der Waals surface area contributed by atoms with Crippen molar-refractivity contribution in [3.8, 4) is 0 Å². The summed E-state index contributed by atoms with van der Waals surface area (Å²) in [4.78, 5) is 15.6. The minimum absolute atomic E-state index is 0.0774. The number of hydrogen-bond donors (Lipinski definition) is 3. The smallest absolute Gasteiger partial charge is 0.287 e. The van der Waals surface area contributed by atoms with Crippen molar-refractivity contribution in [3.63, 3.8) is 0 Å². The molecule has 3 N–H and O–H groups in total. The van der Waals surface area contributed by atoms with E-state index in [1.807, 2.05) is 16.8 Å². The zero-order chi connectivity index (χ0) is 26.1. The van der Waals surface area contributed by atoms with Crippen molar-refractivity contribution >= 4 is 59.5 Å². The molecule has 1 amide bonds. The Kier molecular flexibility index (Phi) is 6.02. The molecule has 0 radical (unpaired) electrons. The third-order valence-electron chi connectivity index (χ3n) is 7.79. The predicted octanol–water partition coefficient (Wildman–Crippen LogP) is 3.03. The van der Waals surface area contributed by atoms with Gasteiger partial charge in [-0.2, -0.15) is 19.8 Å².